The predicted molar refractivity (Wildman–Crippen MR) is 59.6 cm³/mol. The van der Waals surface area contributed by atoms with E-state index in [-0.39, 0.29) is 24.9 Å². The second-order valence-electron chi connectivity index (χ2n) is 3.89. The Morgan fingerprint density at radius 3 is 2.53 bits per heavy atom. The molecule has 0 bridgehead atoms. The minimum atomic E-state index is -0.296. The molecule has 0 unspecified atom stereocenters. The molecule has 0 atom stereocenters. The Labute approximate surface area is 98.6 Å². The summed E-state index contributed by atoms with van der Waals surface area (Å²) in [5, 5.41) is 11.2. The highest BCUT2D eigenvalue weighted by Crippen LogP contribution is 2.11. The monoisotopic (exact) mass is 229 g/mol. The first kappa shape index (κ1) is 11.3. The minimum Gasteiger partial charge on any atom is -0.294 e. The molecule has 1 aliphatic heterocycles. The van der Waals surface area contributed by atoms with Gasteiger partial charge in [-0.25, -0.2) is 0 Å². The molecule has 86 valence electrons. The average molecular weight is 229 g/mol. The van der Waals surface area contributed by atoms with Crippen molar-refractivity contribution in [2.24, 2.45) is 0 Å². The van der Waals surface area contributed by atoms with Crippen LogP contribution in [0.5, 0.6) is 0 Å². The van der Waals surface area contributed by atoms with Gasteiger partial charge in [0.05, 0.1) is 24.7 Å². The van der Waals surface area contributed by atoms with Gasteiger partial charge in [0.25, 0.3) is 0 Å². The molecule has 1 N–H and O–H groups in total. The van der Waals surface area contributed by atoms with Crippen LogP contribution in [0.4, 0.5) is 0 Å². The Morgan fingerprint density at radius 1 is 1.24 bits per heavy atom. The molecule has 0 spiro atoms. The third-order valence-corrected chi connectivity index (χ3v) is 2.55. The van der Waals surface area contributed by atoms with Gasteiger partial charge in [0.1, 0.15) is 0 Å². The normalized spacial score (nSPS) is 16.4. The number of hydrogen-bond donors (Lipinski definition) is 1. The molecule has 5 heteroatoms. The second kappa shape index (κ2) is 4.76. The number of rotatable bonds is 2. The van der Waals surface area contributed by atoms with Gasteiger partial charge in [0, 0.05) is 6.54 Å². The first-order chi connectivity index (χ1) is 8.19. The molecule has 2 rings (SSSR count). The quantitative estimate of drug-likeness (QED) is 0.725. The van der Waals surface area contributed by atoms with Crippen molar-refractivity contribution in [3.8, 4) is 6.07 Å². The fraction of sp³-hybridized carbons (Fsp3) is 0.250. The molecule has 1 fully saturated rings. The highest BCUT2D eigenvalue weighted by molar-refractivity contribution is 5.99. The smallest absolute Gasteiger partial charge is 0.240 e. The van der Waals surface area contributed by atoms with Crippen LogP contribution in [0, 0.1) is 11.3 Å². The van der Waals surface area contributed by atoms with Crippen molar-refractivity contribution >= 4 is 11.8 Å². The summed E-state index contributed by atoms with van der Waals surface area (Å²) in [4.78, 5) is 24.1. The molecule has 1 aromatic rings. The van der Waals surface area contributed by atoms with Gasteiger partial charge in [0.15, 0.2) is 0 Å². The summed E-state index contributed by atoms with van der Waals surface area (Å²) in [6.07, 6.45) is 0. The first-order valence-corrected chi connectivity index (χ1v) is 5.22. The van der Waals surface area contributed by atoms with Crippen LogP contribution in [-0.4, -0.2) is 29.8 Å². The van der Waals surface area contributed by atoms with E-state index in [1.54, 1.807) is 17.0 Å². The number of hydrogen-bond acceptors (Lipinski definition) is 4. The van der Waals surface area contributed by atoms with E-state index in [4.69, 9.17) is 5.26 Å². The lowest BCUT2D eigenvalue weighted by Crippen LogP contribution is -2.50. The molecule has 17 heavy (non-hydrogen) atoms. The number of nitrogens with zero attached hydrogens (tertiary/aromatic N) is 2. The average Bonchev–Trinajstić information content (AvgIpc) is 2.28. The molecule has 1 heterocycles. The van der Waals surface area contributed by atoms with Gasteiger partial charge in [-0.3, -0.25) is 19.8 Å². The highest BCUT2D eigenvalue weighted by Gasteiger charge is 2.22. The van der Waals surface area contributed by atoms with E-state index in [0.29, 0.717) is 12.1 Å². The van der Waals surface area contributed by atoms with Crippen molar-refractivity contribution in [2.75, 3.05) is 13.1 Å². The standard InChI is InChI=1S/C12H11N3O2/c13-5-9-3-1-2-4-10(9)6-15-7-11(16)14-12(17)8-15/h1-4H,6-8H2,(H,14,16,17). The Balaban J connectivity index is 2.13. The van der Waals surface area contributed by atoms with Crippen LogP contribution in [0.3, 0.4) is 0 Å². The van der Waals surface area contributed by atoms with Gasteiger partial charge in [-0.05, 0) is 11.6 Å². The molecule has 0 radical (unpaired) electrons. The van der Waals surface area contributed by atoms with Crippen LogP contribution in [0.2, 0.25) is 0 Å². The first-order valence-electron chi connectivity index (χ1n) is 5.22. The molecule has 5 nitrogen and oxygen atoms in total. The van der Waals surface area contributed by atoms with Crippen LogP contribution in [0.1, 0.15) is 11.1 Å². The largest absolute Gasteiger partial charge is 0.294 e. The van der Waals surface area contributed by atoms with Gasteiger partial charge in [-0.15, -0.1) is 0 Å². The van der Waals surface area contributed by atoms with E-state index in [1.165, 1.54) is 0 Å². The number of carbonyl (C=O) groups is 2. The predicted octanol–water partition coefficient (Wildman–Crippen LogP) is 0.0167. The maximum absolute atomic E-state index is 11.2. The summed E-state index contributed by atoms with van der Waals surface area (Å²) in [7, 11) is 0. The Morgan fingerprint density at radius 2 is 1.88 bits per heavy atom. The number of nitriles is 1. The lowest BCUT2D eigenvalue weighted by atomic mass is 10.1. The topological polar surface area (TPSA) is 73.2 Å². The molecule has 1 aliphatic rings. The van der Waals surface area contributed by atoms with Crippen LogP contribution in [-0.2, 0) is 16.1 Å². The number of benzene rings is 1. The van der Waals surface area contributed by atoms with E-state index in [9.17, 15) is 9.59 Å². The minimum absolute atomic E-state index is 0.186. The van der Waals surface area contributed by atoms with Crippen molar-refractivity contribution < 1.29 is 9.59 Å². The fourth-order valence-electron chi connectivity index (χ4n) is 1.82. The summed E-state index contributed by atoms with van der Waals surface area (Å²) >= 11 is 0. The number of carbonyl (C=O) groups excluding carboxylic acids is 2. The SMILES string of the molecule is N#Cc1ccccc1CN1CC(=O)NC(=O)C1. The summed E-state index contributed by atoms with van der Waals surface area (Å²) < 4.78 is 0. The molecule has 0 aromatic heterocycles. The third kappa shape index (κ3) is 2.68. The van der Waals surface area contributed by atoms with Crippen LogP contribution in [0.25, 0.3) is 0 Å². The van der Waals surface area contributed by atoms with E-state index in [0.717, 1.165) is 5.56 Å². The van der Waals surface area contributed by atoms with Crippen molar-refractivity contribution in [1.29, 1.82) is 5.26 Å². The van der Waals surface area contributed by atoms with Gasteiger partial charge in [0.2, 0.25) is 11.8 Å². The summed E-state index contributed by atoms with van der Waals surface area (Å²) in [5.74, 6) is -0.591. The Kier molecular flexibility index (Phi) is 3.17. The number of nitrogens with one attached hydrogen (secondary N) is 1. The zero-order chi connectivity index (χ0) is 12.3. The summed E-state index contributed by atoms with van der Waals surface area (Å²) in [6, 6.07) is 9.27. The molecular formula is C12H11N3O2. The van der Waals surface area contributed by atoms with E-state index < -0.39 is 0 Å². The Bertz CT molecular complexity index is 489. The number of imide groups is 1. The summed E-state index contributed by atoms with van der Waals surface area (Å²) in [5.41, 5.74) is 1.41. The van der Waals surface area contributed by atoms with Crippen molar-refractivity contribution in [2.45, 2.75) is 6.54 Å². The number of piperazine rings is 1. The van der Waals surface area contributed by atoms with E-state index in [2.05, 4.69) is 11.4 Å². The molecule has 0 saturated carbocycles. The van der Waals surface area contributed by atoms with Gasteiger partial charge in [-0.1, -0.05) is 18.2 Å². The zero-order valence-electron chi connectivity index (χ0n) is 9.14. The van der Waals surface area contributed by atoms with E-state index >= 15 is 0 Å². The lowest BCUT2D eigenvalue weighted by molar-refractivity contribution is -0.136. The van der Waals surface area contributed by atoms with Gasteiger partial charge >= 0.3 is 0 Å². The van der Waals surface area contributed by atoms with Crippen molar-refractivity contribution in [3.63, 3.8) is 0 Å². The zero-order valence-corrected chi connectivity index (χ0v) is 9.14. The van der Waals surface area contributed by atoms with Crippen LogP contribution in [0.15, 0.2) is 24.3 Å². The molecule has 2 amide bonds. The van der Waals surface area contributed by atoms with Gasteiger partial charge < -0.3 is 0 Å². The summed E-state index contributed by atoms with van der Waals surface area (Å²) in [6.45, 7) is 0.805. The van der Waals surface area contributed by atoms with Crippen LogP contribution >= 0.6 is 0 Å². The highest BCUT2D eigenvalue weighted by atomic mass is 16.2. The lowest BCUT2D eigenvalue weighted by Gasteiger charge is -2.25. The molecule has 0 aliphatic carbocycles. The molecule has 1 aromatic carbocycles. The number of amides is 2. The Hall–Kier alpha value is -2.19. The fourth-order valence-corrected chi connectivity index (χ4v) is 1.82. The molecule has 1 saturated heterocycles. The maximum Gasteiger partial charge on any atom is 0.240 e. The third-order valence-electron chi connectivity index (χ3n) is 2.55. The molecular weight excluding hydrogens is 218 g/mol. The van der Waals surface area contributed by atoms with E-state index in [1.807, 2.05) is 12.1 Å². The van der Waals surface area contributed by atoms with Crippen LogP contribution < -0.4 is 5.32 Å². The van der Waals surface area contributed by atoms with Crippen molar-refractivity contribution in [3.05, 3.63) is 35.4 Å². The second-order valence-corrected chi connectivity index (χ2v) is 3.89. The maximum atomic E-state index is 11.2. The van der Waals surface area contributed by atoms with Gasteiger partial charge in [-0.2, -0.15) is 5.26 Å². The van der Waals surface area contributed by atoms with Crippen molar-refractivity contribution in [1.82, 2.24) is 10.2 Å².